The number of rotatable bonds is 43. The molecule has 22 heteroatoms. The Morgan fingerprint density at radius 1 is 0.542 bits per heavy atom. The molecule has 0 saturated carbocycles. The van der Waals surface area contributed by atoms with Gasteiger partial charge in [-0.1, -0.05) is 216 Å². The van der Waals surface area contributed by atoms with Crippen LogP contribution in [0.5, 0.6) is 0 Å². The number of benzene rings is 3. The van der Waals surface area contributed by atoms with E-state index in [0.717, 1.165) is 57.8 Å². The molecule has 0 aliphatic carbocycles. The number of nitrogens with one attached hydrogen (secondary N) is 1. The fourth-order valence-electron chi connectivity index (χ4n) is 9.52. The topological polar surface area (TPSA) is 259 Å². The molecule has 0 aromatic heterocycles. The van der Waals surface area contributed by atoms with E-state index in [4.69, 9.17) is 27.9 Å². The van der Waals surface area contributed by atoms with Gasteiger partial charge in [-0.15, -0.1) is 0 Å². The summed E-state index contributed by atoms with van der Waals surface area (Å²) in [6.07, 6.45) is 19.3. The summed E-state index contributed by atoms with van der Waals surface area (Å²) in [5.41, 5.74) is 0.0687. The molecular formula is C61H87NNa2O17S2. The normalized spacial score (nSPS) is 17.8. The van der Waals surface area contributed by atoms with Crippen LogP contribution < -0.4 is 64.4 Å². The predicted molar refractivity (Wildman–Crippen MR) is 304 cm³/mol. The van der Waals surface area contributed by atoms with E-state index in [1.54, 1.807) is 48.5 Å². The van der Waals surface area contributed by atoms with E-state index in [1.807, 2.05) is 6.08 Å². The number of unbranched alkanes of at least 4 members (excludes halogenated alkanes) is 23. The van der Waals surface area contributed by atoms with Crippen molar-refractivity contribution in [1.29, 1.82) is 0 Å². The van der Waals surface area contributed by atoms with Crippen molar-refractivity contribution in [3.8, 4) is 0 Å². The second kappa shape index (κ2) is 44.4. The summed E-state index contributed by atoms with van der Waals surface area (Å²) >= 11 is 0. The molecule has 1 fully saturated rings. The van der Waals surface area contributed by atoms with Gasteiger partial charge in [0.2, 0.25) is 26.7 Å². The maximum atomic E-state index is 14.0. The Labute approximate surface area is 538 Å². The third-order valence-corrected chi connectivity index (χ3v) is 14.8. The SMILES string of the molecule is CCCCCCCCCCCCC/C=C/[C@@H](OC(=O)c1ccccc1)[C@H](CO[C@@H]1O[C@H](COS(=O)(=O)[O-])[C@H](OS(=O)(=O)[O-])[C@H](OC(=O)c2ccccc2)[C@H]1OC(=O)c1ccccc1)NC(=O)CCCCCCCCCCCCCCC.[Na+].[Na+]. The van der Waals surface area contributed by atoms with Crippen LogP contribution in [0.4, 0.5) is 0 Å². The minimum Gasteiger partial charge on any atom is -0.726 e. The van der Waals surface area contributed by atoms with Gasteiger partial charge in [-0.05, 0) is 61.7 Å². The van der Waals surface area contributed by atoms with Gasteiger partial charge in [0.05, 0.1) is 35.9 Å². The first-order valence-corrected chi connectivity index (χ1v) is 32.0. The third kappa shape index (κ3) is 33.0. The molecule has 1 saturated heterocycles. The zero-order valence-electron chi connectivity index (χ0n) is 49.4. The van der Waals surface area contributed by atoms with Crippen LogP contribution in [0.1, 0.15) is 212 Å². The molecule has 0 spiro atoms. The van der Waals surface area contributed by atoms with Crippen LogP contribution in [-0.4, -0.2) is 106 Å². The molecule has 83 heavy (non-hydrogen) atoms. The molecule has 0 unspecified atom stereocenters. The van der Waals surface area contributed by atoms with Crippen molar-refractivity contribution in [2.45, 2.75) is 224 Å². The number of amides is 1. The number of carbonyl (C=O) groups is 4. The Balaban J connectivity index is 0.0000118. The molecule has 18 nitrogen and oxygen atoms in total. The average molecular weight is 1220 g/mol. The minimum absolute atomic E-state index is 0. The largest absolute Gasteiger partial charge is 1.00 e. The van der Waals surface area contributed by atoms with Crippen molar-refractivity contribution in [3.63, 3.8) is 0 Å². The molecule has 0 radical (unpaired) electrons. The van der Waals surface area contributed by atoms with Crippen molar-refractivity contribution < 1.29 is 136 Å². The van der Waals surface area contributed by atoms with E-state index >= 15 is 0 Å². The molecule has 3 aromatic carbocycles. The van der Waals surface area contributed by atoms with Crippen molar-refractivity contribution >= 4 is 44.6 Å². The van der Waals surface area contributed by atoms with Crippen LogP contribution >= 0.6 is 0 Å². The van der Waals surface area contributed by atoms with Crippen molar-refractivity contribution in [3.05, 3.63) is 120 Å². The van der Waals surface area contributed by atoms with Gasteiger partial charge < -0.3 is 38.1 Å². The Morgan fingerprint density at radius 2 is 0.952 bits per heavy atom. The zero-order chi connectivity index (χ0) is 58.6. The number of ether oxygens (including phenoxy) is 5. The van der Waals surface area contributed by atoms with E-state index in [0.29, 0.717) is 12.8 Å². The fourth-order valence-corrected chi connectivity index (χ4v) is 10.3. The van der Waals surface area contributed by atoms with E-state index < -0.39 is 101 Å². The molecule has 1 N–H and O–H groups in total. The molecule has 1 amide bonds. The quantitative estimate of drug-likeness (QED) is 0.0130. The second-order valence-corrected chi connectivity index (χ2v) is 22.7. The molecule has 3 aromatic rings. The van der Waals surface area contributed by atoms with Gasteiger partial charge in [0, 0.05) is 6.42 Å². The summed E-state index contributed by atoms with van der Waals surface area (Å²) in [6, 6.07) is 21.7. The molecular weight excluding hydrogens is 1130 g/mol. The summed E-state index contributed by atoms with van der Waals surface area (Å²) in [7, 11) is -11.3. The number of hydrogen-bond donors (Lipinski definition) is 1. The van der Waals surface area contributed by atoms with Gasteiger partial charge in [0.15, 0.2) is 18.5 Å². The second-order valence-electron chi connectivity index (χ2n) is 20.7. The molecule has 1 heterocycles. The van der Waals surface area contributed by atoms with E-state index in [9.17, 15) is 45.1 Å². The first-order valence-electron chi connectivity index (χ1n) is 29.3. The molecule has 4 rings (SSSR count). The van der Waals surface area contributed by atoms with E-state index in [1.165, 1.54) is 138 Å². The van der Waals surface area contributed by atoms with Gasteiger partial charge >= 0.3 is 77.0 Å². The number of allylic oxidation sites excluding steroid dienone is 1. The van der Waals surface area contributed by atoms with Gasteiger partial charge in [-0.25, -0.2) is 31.2 Å². The zero-order valence-corrected chi connectivity index (χ0v) is 55.0. The van der Waals surface area contributed by atoms with Crippen LogP contribution in [0.25, 0.3) is 0 Å². The van der Waals surface area contributed by atoms with E-state index in [-0.39, 0.29) is 82.2 Å². The van der Waals surface area contributed by atoms with Crippen molar-refractivity contribution in [1.82, 2.24) is 5.32 Å². The summed E-state index contributed by atoms with van der Waals surface area (Å²) in [6.45, 7) is 2.48. The molecule has 1 aliphatic heterocycles. The predicted octanol–water partition coefficient (Wildman–Crippen LogP) is 5.96. The maximum Gasteiger partial charge on any atom is 1.00 e. The fraction of sp³-hybridized carbons (Fsp3) is 0.607. The van der Waals surface area contributed by atoms with Crippen LogP contribution in [0, 0.1) is 0 Å². The molecule has 452 valence electrons. The first-order chi connectivity index (χ1) is 39.1. The summed E-state index contributed by atoms with van der Waals surface area (Å²) < 4.78 is 112. The Kier molecular flexibility index (Phi) is 40.7. The van der Waals surface area contributed by atoms with E-state index in [2.05, 4.69) is 23.3 Å². The van der Waals surface area contributed by atoms with Crippen molar-refractivity contribution in [2.24, 2.45) is 0 Å². The molecule has 0 bridgehead atoms. The Morgan fingerprint density at radius 3 is 1.39 bits per heavy atom. The van der Waals surface area contributed by atoms with Crippen LogP contribution in [0.15, 0.2) is 103 Å². The smallest absolute Gasteiger partial charge is 0.726 e. The van der Waals surface area contributed by atoms with Gasteiger partial charge in [-0.3, -0.25) is 13.2 Å². The molecule has 1 aliphatic rings. The molecule has 7 atom stereocenters. The Bertz CT molecular complexity index is 2500. The third-order valence-electron chi connectivity index (χ3n) is 13.9. The summed E-state index contributed by atoms with van der Waals surface area (Å²) in [4.78, 5) is 55.7. The monoisotopic (exact) mass is 1220 g/mol. The standard InChI is InChI=1S/C61H89NO17S2.2Na/c1-3-5-7-9-11-13-15-17-19-21-23-25-36-44-52(75-58(64)48-38-30-27-31-39-48)51(62-54(63)45-37-26-24-22-20-18-16-14-12-10-8-6-4-2)46-73-61-57(78-60(66)50-42-34-29-35-43-50)56(77-59(65)49-40-32-28-33-41-49)55(79-81(70,71)72)53(76-61)47-74-80(67,68)69;;/h27-36,38-44,51-53,55-57,61H,3-26,37,45-47H2,1-2H3,(H,62,63)(H,67,68,69)(H,70,71,72);;/q;2*+1/p-2/b44-36+;;/t51-,52+,53+,55-,56-,57+,61+;;/m0../s1. The van der Waals surface area contributed by atoms with Gasteiger partial charge in [0.25, 0.3) is 0 Å². The maximum absolute atomic E-state index is 14.0. The number of esters is 3. The Hall–Kier alpha value is -3.06. The minimum atomic E-state index is -5.79. The summed E-state index contributed by atoms with van der Waals surface area (Å²) in [5, 5.41) is 2.96. The van der Waals surface area contributed by atoms with Crippen molar-refractivity contribution in [2.75, 3.05) is 13.2 Å². The number of hydrogen-bond acceptors (Lipinski definition) is 17. The van der Waals surface area contributed by atoms with Gasteiger partial charge in [-0.2, -0.15) is 0 Å². The number of carbonyl (C=O) groups excluding carboxylic acids is 4. The first kappa shape index (κ1) is 76.0. The average Bonchev–Trinajstić information content (AvgIpc) is 3.60. The summed E-state index contributed by atoms with van der Waals surface area (Å²) in [5.74, 6) is -3.38. The van der Waals surface area contributed by atoms with Crippen LogP contribution in [0.3, 0.4) is 0 Å². The van der Waals surface area contributed by atoms with Crippen LogP contribution in [-0.2, 0) is 57.6 Å². The van der Waals surface area contributed by atoms with Crippen LogP contribution in [0.2, 0.25) is 0 Å². The van der Waals surface area contributed by atoms with Gasteiger partial charge in [0.1, 0.15) is 18.3 Å².